The molecule has 0 saturated carbocycles. The molecule has 1 aliphatic rings. The second-order valence-corrected chi connectivity index (χ2v) is 8.29. The Balaban J connectivity index is 1.56. The largest absolute Gasteiger partial charge is 0.465 e. The summed E-state index contributed by atoms with van der Waals surface area (Å²) >= 11 is 0. The highest BCUT2D eigenvalue weighted by atomic mass is 16.5. The summed E-state index contributed by atoms with van der Waals surface area (Å²) in [7, 11) is 1.33. The van der Waals surface area contributed by atoms with Gasteiger partial charge in [0.2, 0.25) is 0 Å². The molecule has 0 N–H and O–H groups in total. The van der Waals surface area contributed by atoms with E-state index in [1.54, 1.807) is 29.2 Å². The Kier molecular flexibility index (Phi) is 7.03. The molecule has 0 atom stereocenters. The van der Waals surface area contributed by atoms with Crippen molar-refractivity contribution in [2.75, 3.05) is 20.2 Å². The third kappa shape index (κ3) is 5.15. The van der Waals surface area contributed by atoms with Gasteiger partial charge in [-0.1, -0.05) is 38.1 Å². The summed E-state index contributed by atoms with van der Waals surface area (Å²) in [6.45, 7) is 5.47. The number of methoxy groups -OCH3 is 1. The number of nitrogens with zero attached hydrogens (tertiary/aromatic N) is 1. The quantitative estimate of drug-likeness (QED) is 0.526. The van der Waals surface area contributed by atoms with Gasteiger partial charge in [0.15, 0.2) is 5.78 Å². The van der Waals surface area contributed by atoms with Gasteiger partial charge in [0.1, 0.15) is 0 Å². The smallest absolute Gasteiger partial charge is 0.337 e. The molecular formula is C25H29NO4. The van der Waals surface area contributed by atoms with Gasteiger partial charge in [-0.15, -0.1) is 0 Å². The average Bonchev–Trinajstić information content (AvgIpc) is 2.78. The molecule has 1 amide bonds. The van der Waals surface area contributed by atoms with E-state index in [1.807, 2.05) is 24.3 Å². The summed E-state index contributed by atoms with van der Waals surface area (Å²) in [5, 5.41) is 0. The van der Waals surface area contributed by atoms with Gasteiger partial charge in [0, 0.05) is 30.1 Å². The number of carbonyl (C=O) groups excluding carboxylic acids is 3. The number of carbonyl (C=O) groups is 3. The Hall–Kier alpha value is -2.95. The van der Waals surface area contributed by atoms with Crippen molar-refractivity contribution < 1.29 is 19.1 Å². The molecule has 2 aromatic carbocycles. The maximum Gasteiger partial charge on any atom is 0.337 e. The predicted octanol–water partition coefficient (Wildman–Crippen LogP) is 4.41. The second kappa shape index (κ2) is 9.70. The van der Waals surface area contributed by atoms with Crippen molar-refractivity contribution >= 4 is 17.7 Å². The number of esters is 1. The third-order valence-corrected chi connectivity index (χ3v) is 5.59. The number of benzene rings is 2. The van der Waals surface area contributed by atoms with Crippen LogP contribution in [0.25, 0.3) is 0 Å². The molecule has 30 heavy (non-hydrogen) atoms. The topological polar surface area (TPSA) is 63.7 Å². The summed E-state index contributed by atoms with van der Waals surface area (Å²) in [5.74, 6) is 0.207. The first kappa shape index (κ1) is 21.8. The highest BCUT2D eigenvalue weighted by Gasteiger charge is 2.28. The fourth-order valence-corrected chi connectivity index (χ4v) is 3.91. The normalized spacial score (nSPS) is 14.6. The molecule has 2 aromatic rings. The molecule has 5 heteroatoms. The monoisotopic (exact) mass is 407 g/mol. The molecule has 1 fully saturated rings. The van der Waals surface area contributed by atoms with Crippen LogP contribution in [0.5, 0.6) is 0 Å². The zero-order valence-electron chi connectivity index (χ0n) is 17.9. The molecule has 158 valence electrons. The van der Waals surface area contributed by atoms with Gasteiger partial charge >= 0.3 is 5.97 Å². The van der Waals surface area contributed by atoms with Crippen LogP contribution in [-0.4, -0.2) is 42.8 Å². The molecule has 1 heterocycles. The number of hydrogen-bond acceptors (Lipinski definition) is 4. The molecule has 0 radical (unpaired) electrons. The first-order valence-corrected chi connectivity index (χ1v) is 10.5. The van der Waals surface area contributed by atoms with E-state index in [-0.39, 0.29) is 17.6 Å². The lowest BCUT2D eigenvalue weighted by Gasteiger charge is -2.31. The van der Waals surface area contributed by atoms with Crippen molar-refractivity contribution in [1.29, 1.82) is 0 Å². The van der Waals surface area contributed by atoms with Crippen LogP contribution in [0.15, 0.2) is 48.5 Å². The van der Waals surface area contributed by atoms with E-state index in [0.29, 0.717) is 43.0 Å². The van der Waals surface area contributed by atoms with Crippen LogP contribution >= 0.6 is 0 Å². The van der Waals surface area contributed by atoms with Crippen molar-refractivity contribution in [3.05, 3.63) is 70.8 Å². The predicted molar refractivity (Wildman–Crippen MR) is 116 cm³/mol. The van der Waals surface area contributed by atoms with Crippen LogP contribution in [0, 0.1) is 11.8 Å². The van der Waals surface area contributed by atoms with Crippen LogP contribution in [-0.2, 0) is 11.2 Å². The van der Waals surface area contributed by atoms with E-state index in [4.69, 9.17) is 0 Å². The molecule has 0 bridgehead atoms. The van der Waals surface area contributed by atoms with Gasteiger partial charge < -0.3 is 9.64 Å². The van der Waals surface area contributed by atoms with Crippen LogP contribution in [0.1, 0.15) is 63.3 Å². The maximum atomic E-state index is 12.9. The van der Waals surface area contributed by atoms with Crippen LogP contribution in [0.4, 0.5) is 0 Å². The Morgan fingerprint density at radius 2 is 1.43 bits per heavy atom. The van der Waals surface area contributed by atoms with Crippen LogP contribution in [0.3, 0.4) is 0 Å². The van der Waals surface area contributed by atoms with Gasteiger partial charge in [0.05, 0.1) is 12.7 Å². The summed E-state index contributed by atoms with van der Waals surface area (Å²) in [6.07, 6.45) is 2.34. The van der Waals surface area contributed by atoms with Gasteiger partial charge in [0.25, 0.3) is 5.91 Å². The fraction of sp³-hybridized carbons (Fsp3) is 0.400. The summed E-state index contributed by atoms with van der Waals surface area (Å²) < 4.78 is 4.68. The molecule has 3 rings (SSSR count). The zero-order chi connectivity index (χ0) is 21.7. The average molecular weight is 408 g/mol. The van der Waals surface area contributed by atoms with Crippen molar-refractivity contribution in [2.24, 2.45) is 11.8 Å². The number of hydrogen-bond donors (Lipinski definition) is 0. The van der Waals surface area contributed by atoms with E-state index >= 15 is 0 Å². The molecule has 0 aromatic heterocycles. The standard InChI is InChI=1S/C25H29NO4/c1-17(2)16-18-4-6-19(7-5-18)23(27)20-12-14-26(15-13-20)24(28)21-8-10-22(11-9-21)25(29)30-3/h4-11,17,20H,12-16H2,1-3H3. The van der Waals surface area contributed by atoms with E-state index in [9.17, 15) is 14.4 Å². The summed E-state index contributed by atoms with van der Waals surface area (Å²) in [4.78, 5) is 38.9. The number of likely N-dealkylation sites (tertiary alicyclic amines) is 1. The lowest BCUT2D eigenvalue weighted by Crippen LogP contribution is -2.40. The number of piperidine rings is 1. The Morgan fingerprint density at radius 3 is 1.97 bits per heavy atom. The Bertz CT molecular complexity index is 892. The molecule has 5 nitrogen and oxygen atoms in total. The summed E-state index contributed by atoms with van der Waals surface area (Å²) in [5.41, 5.74) is 2.96. The maximum absolute atomic E-state index is 12.9. The molecule has 0 spiro atoms. The Labute approximate surface area is 178 Å². The number of ketones is 1. The number of amides is 1. The Morgan fingerprint density at radius 1 is 0.900 bits per heavy atom. The van der Waals surface area contributed by atoms with Crippen molar-refractivity contribution in [1.82, 2.24) is 4.90 Å². The fourth-order valence-electron chi connectivity index (χ4n) is 3.91. The zero-order valence-corrected chi connectivity index (χ0v) is 17.9. The van der Waals surface area contributed by atoms with Gasteiger partial charge in [-0.3, -0.25) is 9.59 Å². The van der Waals surface area contributed by atoms with Crippen LogP contribution in [0.2, 0.25) is 0 Å². The minimum Gasteiger partial charge on any atom is -0.465 e. The van der Waals surface area contributed by atoms with Gasteiger partial charge in [-0.05, 0) is 55.0 Å². The molecule has 1 aliphatic heterocycles. The first-order chi connectivity index (χ1) is 14.4. The lowest BCUT2D eigenvalue weighted by molar-refractivity contribution is 0.0599. The van der Waals surface area contributed by atoms with Gasteiger partial charge in [-0.2, -0.15) is 0 Å². The van der Waals surface area contributed by atoms with Crippen molar-refractivity contribution in [2.45, 2.75) is 33.1 Å². The van der Waals surface area contributed by atoms with Crippen LogP contribution < -0.4 is 0 Å². The van der Waals surface area contributed by atoms with Gasteiger partial charge in [-0.25, -0.2) is 4.79 Å². The molecule has 1 saturated heterocycles. The number of Topliss-reactive ketones (excluding diaryl/α,β-unsaturated/α-hetero) is 1. The second-order valence-electron chi connectivity index (χ2n) is 8.29. The lowest BCUT2D eigenvalue weighted by atomic mass is 9.88. The number of rotatable bonds is 6. The minimum atomic E-state index is -0.425. The molecule has 0 aliphatic carbocycles. The minimum absolute atomic E-state index is 0.0494. The van der Waals surface area contributed by atoms with Crippen molar-refractivity contribution in [3.63, 3.8) is 0 Å². The highest BCUT2D eigenvalue weighted by molar-refractivity contribution is 5.99. The van der Waals surface area contributed by atoms with E-state index in [0.717, 1.165) is 12.0 Å². The van der Waals surface area contributed by atoms with E-state index in [2.05, 4.69) is 18.6 Å². The SMILES string of the molecule is COC(=O)c1ccc(C(=O)N2CCC(C(=O)c3ccc(CC(C)C)cc3)CC2)cc1. The molecular weight excluding hydrogens is 378 g/mol. The third-order valence-electron chi connectivity index (χ3n) is 5.59. The van der Waals surface area contributed by atoms with Crippen molar-refractivity contribution in [3.8, 4) is 0 Å². The summed E-state index contributed by atoms with van der Waals surface area (Å²) in [6, 6.07) is 14.4. The molecule has 0 unspecified atom stereocenters. The number of ether oxygens (including phenoxy) is 1. The van der Waals surface area contributed by atoms with E-state index < -0.39 is 5.97 Å². The van der Waals surface area contributed by atoms with E-state index in [1.165, 1.54) is 12.7 Å². The first-order valence-electron chi connectivity index (χ1n) is 10.5. The highest BCUT2D eigenvalue weighted by Crippen LogP contribution is 2.24.